The summed E-state index contributed by atoms with van der Waals surface area (Å²) >= 11 is 0. The zero-order valence-corrected chi connectivity index (χ0v) is 16.9. The average Bonchev–Trinajstić information content (AvgIpc) is 2.68. The lowest BCUT2D eigenvalue weighted by atomic mass is 9.73. The molecule has 0 saturated carbocycles. The van der Waals surface area contributed by atoms with Crippen LogP contribution < -0.4 is 5.32 Å². The van der Waals surface area contributed by atoms with E-state index in [1.54, 1.807) is 0 Å². The molecule has 0 aromatic heterocycles. The minimum Gasteiger partial charge on any atom is -0.462 e. The van der Waals surface area contributed by atoms with Crippen LogP contribution in [0.25, 0.3) is 0 Å². The van der Waals surface area contributed by atoms with Crippen molar-refractivity contribution in [3.05, 3.63) is 64.7 Å². The summed E-state index contributed by atoms with van der Waals surface area (Å²) in [5.41, 5.74) is 5.63. The molecule has 0 radical (unpaired) electrons. The molecule has 2 aromatic carbocycles. The Kier molecular flexibility index (Phi) is 6.20. The predicted octanol–water partition coefficient (Wildman–Crippen LogP) is 6.25. The van der Waals surface area contributed by atoms with Crippen molar-refractivity contribution in [2.75, 3.05) is 11.9 Å². The van der Waals surface area contributed by atoms with Gasteiger partial charge < -0.3 is 10.1 Å². The fourth-order valence-corrected chi connectivity index (χ4v) is 4.17. The summed E-state index contributed by atoms with van der Waals surface area (Å²) < 4.78 is 5.19. The molecule has 3 atom stereocenters. The Balaban J connectivity index is 1.96. The van der Waals surface area contributed by atoms with E-state index in [1.165, 1.54) is 36.0 Å². The van der Waals surface area contributed by atoms with Crippen LogP contribution in [-0.4, -0.2) is 12.6 Å². The average molecular weight is 366 g/mol. The number of hydrogen-bond acceptors (Lipinski definition) is 3. The molecule has 0 aliphatic carbocycles. The normalized spacial score (nSPS) is 21.3. The fourth-order valence-electron chi connectivity index (χ4n) is 4.17. The fraction of sp³-hybridized carbons (Fsp3) is 0.458. The van der Waals surface area contributed by atoms with Crippen molar-refractivity contribution in [2.45, 2.75) is 58.9 Å². The Bertz CT molecular complexity index is 781. The van der Waals surface area contributed by atoms with Gasteiger partial charge in [0.2, 0.25) is 0 Å². The number of aryl methyl sites for hydroxylation is 1. The second-order valence-corrected chi connectivity index (χ2v) is 7.65. The lowest BCUT2D eigenvalue weighted by Crippen LogP contribution is -2.31. The van der Waals surface area contributed by atoms with Gasteiger partial charge in [0.15, 0.2) is 0 Å². The van der Waals surface area contributed by atoms with Crippen LogP contribution in [0.3, 0.4) is 0 Å². The van der Waals surface area contributed by atoms with Crippen LogP contribution >= 0.6 is 0 Å². The third-order valence-electron chi connectivity index (χ3n) is 5.76. The summed E-state index contributed by atoms with van der Waals surface area (Å²) in [4.78, 5) is 12.2. The quantitative estimate of drug-likeness (QED) is 0.615. The molecule has 0 bridgehead atoms. The molecule has 2 aromatic rings. The van der Waals surface area contributed by atoms with Crippen molar-refractivity contribution >= 4 is 11.7 Å². The molecule has 3 heteroatoms. The SMILES string of the molecule is CCCCC1C(C)c2cc(C(=O)OCC)ccc2NC1c1ccc(C)cc1. The molecule has 3 unspecified atom stereocenters. The van der Waals surface area contributed by atoms with Crippen molar-refractivity contribution in [3.63, 3.8) is 0 Å². The third-order valence-corrected chi connectivity index (χ3v) is 5.76. The number of hydrogen-bond donors (Lipinski definition) is 1. The standard InChI is InChI=1S/C24H31NO2/c1-5-7-8-20-17(4)21-15-19(24(26)27-6-2)13-14-22(21)25-23(20)18-11-9-16(3)10-12-18/h9-15,17,20,23,25H,5-8H2,1-4H3. The maximum Gasteiger partial charge on any atom is 0.338 e. The smallest absolute Gasteiger partial charge is 0.338 e. The van der Waals surface area contributed by atoms with Gasteiger partial charge in [-0.05, 0) is 61.4 Å². The third kappa shape index (κ3) is 4.18. The Morgan fingerprint density at radius 3 is 2.52 bits per heavy atom. The summed E-state index contributed by atoms with van der Waals surface area (Å²) in [6, 6.07) is 15.1. The van der Waals surface area contributed by atoms with Gasteiger partial charge in [-0.25, -0.2) is 4.79 Å². The van der Waals surface area contributed by atoms with Crippen LogP contribution in [-0.2, 0) is 4.74 Å². The minimum absolute atomic E-state index is 0.238. The minimum atomic E-state index is -0.238. The molecule has 1 aliphatic rings. The van der Waals surface area contributed by atoms with Crippen molar-refractivity contribution < 1.29 is 9.53 Å². The molecule has 3 nitrogen and oxygen atoms in total. The first-order chi connectivity index (χ1) is 13.0. The van der Waals surface area contributed by atoms with Gasteiger partial charge in [-0.3, -0.25) is 0 Å². The monoisotopic (exact) mass is 365 g/mol. The zero-order chi connectivity index (χ0) is 19.4. The summed E-state index contributed by atoms with van der Waals surface area (Å²) in [7, 11) is 0. The number of unbranched alkanes of at least 4 members (excludes halogenated alkanes) is 1. The number of carbonyl (C=O) groups excluding carboxylic acids is 1. The summed E-state index contributed by atoms with van der Waals surface area (Å²) in [6.07, 6.45) is 3.58. The largest absolute Gasteiger partial charge is 0.462 e. The van der Waals surface area contributed by atoms with Crippen LogP contribution in [0.1, 0.15) is 79.0 Å². The van der Waals surface area contributed by atoms with E-state index in [1.807, 2.05) is 25.1 Å². The second-order valence-electron chi connectivity index (χ2n) is 7.65. The van der Waals surface area contributed by atoms with Crippen LogP contribution in [0.4, 0.5) is 5.69 Å². The summed E-state index contributed by atoms with van der Waals surface area (Å²) in [5, 5.41) is 3.77. The van der Waals surface area contributed by atoms with Crippen molar-refractivity contribution in [1.82, 2.24) is 0 Å². The van der Waals surface area contributed by atoms with Gasteiger partial charge in [0.25, 0.3) is 0 Å². The molecule has 0 amide bonds. The first-order valence-electron chi connectivity index (χ1n) is 10.2. The maximum absolute atomic E-state index is 12.2. The first-order valence-corrected chi connectivity index (χ1v) is 10.2. The van der Waals surface area contributed by atoms with Gasteiger partial charge in [0, 0.05) is 5.69 Å². The molecule has 3 rings (SSSR count). The number of carbonyl (C=O) groups is 1. The molecule has 0 saturated heterocycles. The van der Waals surface area contributed by atoms with Crippen LogP contribution in [0.2, 0.25) is 0 Å². The van der Waals surface area contributed by atoms with E-state index in [-0.39, 0.29) is 5.97 Å². The van der Waals surface area contributed by atoms with E-state index in [0.29, 0.717) is 30.0 Å². The van der Waals surface area contributed by atoms with Gasteiger partial charge in [-0.2, -0.15) is 0 Å². The van der Waals surface area contributed by atoms with Crippen molar-refractivity contribution in [3.8, 4) is 0 Å². The first kappa shape index (κ1) is 19.5. The molecule has 0 fully saturated rings. The molecular weight excluding hydrogens is 334 g/mol. The number of rotatable bonds is 6. The zero-order valence-electron chi connectivity index (χ0n) is 16.9. The maximum atomic E-state index is 12.2. The Hall–Kier alpha value is -2.29. The number of benzene rings is 2. The van der Waals surface area contributed by atoms with Gasteiger partial charge >= 0.3 is 5.97 Å². The summed E-state index contributed by atoms with van der Waals surface area (Å²) in [5.74, 6) is 0.643. The highest BCUT2D eigenvalue weighted by Crippen LogP contribution is 2.46. The van der Waals surface area contributed by atoms with E-state index < -0.39 is 0 Å². The summed E-state index contributed by atoms with van der Waals surface area (Å²) in [6.45, 7) is 8.91. The molecule has 27 heavy (non-hydrogen) atoms. The Morgan fingerprint density at radius 2 is 1.85 bits per heavy atom. The molecule has 144 valence electrons. The Morgan fingerprint density at radius 1 is 1.11 bits per heavy atom. The highest BCUT2D eigenvalue weighted by atomic mass is 16.5. The molecule has 1 N–H and O–H groups in total. The van der Waals surface area contributed by atoms with Crippen LogP contribution in [0, 0.1) is 12.8 Å². The molecule has 1 aliphatic heterocycles. The number of esters is 1. The van der Waals surface area contributed by atoms with Gasteiger partial charge in [-0.1, -0.05) is 56.5 Å². The van der Waals surface area contributed by atoms with Crippen molar-refractivity contribution in [1.29, 1.82) is 0 Å². The Labute approximate surface area is 163 Å². The van der Waals surface area contributed by atoms with Crippen LogP contribution in [0.15, 0.2) is 42.5 Å². The number of anilines is 1. The molecule has 1 heterocycles. The van der Waals surface area contributed by atoms with Crippen LogP contribution in [0.5, 0.6) is 0 Å². The predicted molar refractivity (Wildman–Crippen MR) is 111 cm³/mol. The van der Waals surface area contributed by atoms with E-state index in [4.69, 9.17) is 4.74 Å². The van der Waals surface area contributed by atoms with Gasteiger partial charge in [0.05, 0.1) is 18.2 Å². The lowest BCUT2D eigenvalue weighted by Gasteiger charge is -2.40. The number of fused-ring (bicyclic) bond motifs is 1. The lowest BCUT2D eigenvalue weighted by molar-refractivity contribution is 0.0526. The van der Waals surface area contributed by atoms with Gasteiger partial charge in [-0.15, -0.1) is 0 Å². The topological polar surface area (TPSA) is 38.3 Å². The highest BCUT2D eigenvalue weighted by Gasteiger charge is 2.34. The van der Waals surface area contributed by atoms with E-state index in [0.717, 1.165) is 5.69 Å². The van der Waals surface area contributed by atoms with E-state index in [2.05, 4.69) is 50.4 Å². The highest BCUT2D eigenvalue weighted by molar-refractivity contribution is 5.90. The van der Waals surface area contributed by atoms with Crippen molar-refractivity contribution in [2.24, 2.45) is 5.92 Å². The van der Waals surface area contributed by atoms with E-state index in [9.17, 15) is 4.79 Å². The second kappa shape index (κ2) is 8.60. The van der Waals surface area contributed by atoms with E-state index >= 15 is 0 Å². The molecular formula is C24H31NO2. The van der Waals surface area contributed by atoms with Gasteiger partial charge in [0.1, 0.15) is 0 Å². The number of nitrogens with one attached hydrogen (secondary N) is 1. The molecule has 0 spiro atoms. The number of ether oxygens (including phenoxy) is 1.